The lowest BCUT2D eigenvalue weighted by Gasteiger charge is -2.07. The number of hydrogen-bond donors (Lipinski definition) is 2. The molecule has 0 radical (unpaired) electrons. The Bertz CT molecular complexity index is 260. The van der Waals surface area contributed by atoms with E-state index in [0.717, 1.165) is 11.3 Å². The Morgan fingerprint density at radius 3 is 2.50 bits per heavy atom. The molecule has 2 nitrogen and oxygen atoms in total. The number of thioether (sulfide) groups is 1. The van der Waals surface area contributed by atoms with Crippen molar-refractivity contribution in [3.63, 3.8) is 0 Å². The fraction of sp³-hybridized carbons (Fsp3) is 0.455. The molecule has 0 aromatic heterocycles. The van der Waals surface area contributed by atoms with Crippen LogP contribution in [0.25, 0.3) is 0 Å². The highest BCUT2D eigenvalue weighted by molar-refractivity contribution is 7.99. The molecule has 0 aliphatic carbocycles. The van der Waals surface area contributed by atoms with Gasteiger partial charge in [-0.3, -0.25) is 0 Å². The lowest BCUT2D eigenvalue weighted by molar-refractivity contribution is 0.250. The van der Waals surface area contributed by atoms with Crippen molar-refractivity contribution in [3.05, 3.63) is 29.8 Å². The Labute approximate surface area is 89.5 Å². The maximum atomic E-state index is 8.87. The second-order valence-electron chi connectivity index (χ2n) is 3.45. The molecule has 1 aromatic rings. The van der Waals surface area contributed by atoms with Gasteiger partial charge in [-0.25, -0.2) is 0 Å². The predicted molar refractivity (Wildman–Crippen MR) is 61.3 cm³/mol. The van der Waals surface area contributed by atoms with Gasteiger partial charge in [0.25, 0.3) is 0 Å². The average Bonchev–Trinajstić information content (AvgIpc) is 2.26. The van der Waals surface area contributed by atoms with Crippen LogP contribution in [0.15, 0.2) is 29.2 Å². The summed E-state index contributed by atoms with van der Waals surface area (Å²) in [6.07, 6.45) is 0. The summed E-state index contributed by atoms with van der Waals surface area (Å²) >= 11 is 1.77. The number of benzene rings is 1. The van der Waals surface area contributed by atoms with E-state index < -0.39 is 0 Å². The molecule has 0 bridgehead atoms. The van der Waals surface area contributed by atoms with E-state index in [1.807, 2.05) is 19.1 Å². The van der Waals surface area contributed by atoms with Crippen molar-refractivity contribution in [2.24, 2.45) is 11.7 Å². The topological polar surface area (TPSA) is 46.2 Å². The van der Waals surface area contributed by atoms with Crippen LogP contribution in [-0.4, -0.2) is 17.5 Å². The highest BCUT2D eigenvalue weighted by Gasteiger charge is 2.01. The normalized spacial score (nSPS) is 12.8. The van der Waals surface area contributed by atoms with Crippen molar-refractivity contribution in [1.29, 1.82) is 0 Å². The first-order chi connectivity index (χ1) is 6.76. The summed E-state index contributed by atoms with van der Waals surface area (Å²) in [5, 5.41) is 8.87. The van der Waals surface area contributed by atoms with Crippen LogP contribution in [0.4, 0.5) is 0 Å². The predicted octanol–water partition coefficient (Wildman–Crippen LogP) is 1.87. The Morgan fingerprint density at radius 1 is 1.36 bits per heavy atom. The Kier molecular flexibility index (Phi) is 5.01. The van der Waals surface area contributed by atoms with Crippen LogP contribution in [0.2, 0.25) is 0 Å². The average molecular weight is 211 g/mol. The van der Waals surface area contributed by atoms with Gasteiger partial charge in [-0.1, -0.05) is 19.1 Å². The molecule has 0 saturated carbocycles. The maximum absolute atomic E-state index is 8.87. The summed E-state index contributed by atoms with van der Waals surface area (Å²) in [5.74, 6) is 1.31. The van der Waals surface area contributed by atoms with E-state index in [1.165, 1.54) is 4.90 Å². The third-order valence-electron chi connectivity index (χ3n) is 2.01. The number of aliphatic hydroxyl groups excluding tert-OH is 1. The number of hydrogen-bond acceptors (Lipinski definition) is 3. The monoisotopic (exact) mass is 211 g/mol. The minimum Gasteiger partial charge on any atom is -0.396 e. The number of aliphatic hydroxyl groups is 1. The van der Waals surface area contributed by atoms with E-state index in [0.29, 0.717) is 12.5 Å². The summed E-state index contributed by atoms with van der Waals surface area (Å²) in [6, 6.07) is 8.26. The van der Waals surface area contributed by atoms with Crippen LogP contribution in [0, 0.1) is 5.92 Å². The summed E-state index contributed by atoms with van der Waals surface area (Å²) in [5.41, 5.74) is 6.66. The first kappa shape index (κ1) is 11.6. The molecule has 14 heavy (non-hydrogen) atoms. The molecule has 0 heterocycles. The van der Waals surface area contributed by atoms with Crippen LogP contribution in [-0.2, 0) is 6.54 Å². The summed E-state index contributed by atoms with van der Waals surface area (Å²) < 4.78 is 0. The maximum Gasteiger partial charge on any atom is 0.0464 e. The largest absolute Gasteiger partial charge is 0.396 e. The second kappa shape index (κ2) is 6.06. The van der Waals surface area contributed by atoms with Gasteiger partial charge in [0.1, 0.15) is 0 Å². The van der Waals surface area contributed by atoms with Gasteiger partial charge in [0.05, 0.1) is 0 Å². The summed E-state index contributed by atoms with van der Waals surface area (Å²) in [4.78, 5) is 1.24. The van der Waals surface area contributed by atoms with Gasteiger partial charge < -0.3 is 10.8 Å². The standard InChI is InChI=1S/C11H17NOS/c1-9(7-13)8-14-11-4-2-10(6-12)3-5-11/h2-5,9,13H,6-8,12H2,1H3. The van der Waals surface area contributed by atoms with Crippen molar-refractivity contribution in [1.82, 2.24) is 0 Å². The van der Waals surface area contributed by atoms with Gasteiger partial charge in [0.2, 0.25) is 0 Å². The van der Waals surface area contributed by atoms with Gasteiger partial charge in [0, 0.05) is 23.8 Å². The smallest absolute Gasteiger partial charge is 0.0464 e. The molecular weight excluding hydrogens is 194 g/mol. The molecule has 0 saturated heterocycles. The molecule has 78 valence electrons. The van der Waals surface area contributed by atoms with Gasteiger partial charge in [-0.05, 0) is 23.6 Å². The van der Waals surface area contributed by atoms with Gasteiger partial charge in [0.15, 0.2) is 0 Å². The number of rotatable bonds is 5. The molecule has 1 aromatic carbocycles. The van der Waals surface area contributed by atoms with E-state index in [4.69, 9.17) is 10.8 Å². The molecule has 1 rings (SSSR count). The summed E-state index contributed by atoms with van der Waals surface area (Å²) in [6.45, 7) is 2.90. The third-order valence-corrected chi connectivity index (χ3v) is 3.35. The van der Waals surface area contributed by atoms with Gasteiger partial charge >= 0.3 is 0 Å². The van der Waals surface area contributed by atoms with Crippen molar-refractivity contribution < 1.29 is 5.11 Å². The zero-order valence-electron chi connectivity index (χ0n) is 8.44. The lowest BCUT2D eigenvalue weighted by atomic mass is 10.2. The molecule has 0 spiro atoms. The zero-order valence-corrected chi connectivity index (χ0v) is 9.26. The van der Waals surface area contributed by atoms with Crippen LogP contribution >= 0.6 is 11.8 Å². The van der Waals surface area contributed by atoms with E-state index in [2.05, 4.69) is 12.1 Å². The minimum atomic E-state index is 0.258. The zero-order chi connectivity index (χ0) is 10.4. The van der Waals surface area contributed by atoms with Crippen LogP contribution in [0.5, 0.6) is 0 Å². The molecule has 1 atom stereocenters. The fourth-order valence-corrected chi connectivity index (χ4v) is 1.92. The van der Waals surface area contributed by atoms with Crippen LogP contribution < -0.4 is 5.73 Å². The molecule has 0 aliphatic rings. The van der Waals surface area contributed by atoms with Crippen molar-refractivity contribution in [3.8, 4) is 0 Å². The van der Waals surface area contributed by atoms with E-state index in [-0.39, 0.29) is 6.61 Å². The Morgan fingerprint density at radius 2 is 2.00 bits per heavy atom. The van der Waals surface area contributed by atoms with Crippen LogP contribution in [0.3, 0.4) is 0 Å². The van der Waals surface area contributed by atoms with Gasteiger partial charge in [-0.15, -0.1) is 11.8 Å². The Balaban J connectivity index is 2.43. The van der Waals surface area contributed by atoms with E-state index in [1.54, 1.807) is 11.8 Å². The van der Waals surface area contributed by atoms with Crippen molar-refractivity contribution in [2.45, 2.75) is 18.4 Å². The molecule has 0 amide bonds. The number of nitrogens with two attached hydrogens (primary N) is 1. The van der Waals surface area contributed by atoms with Crippen molar-refractivity contribution in [2.75, 3.05) is 12.4 Å². The summed E-state index contributed by atoms with van der Waals surface area (Å²) in [7, 11) is 0. The highest BCUT2D eigenvalue weighted by atomic mass is 32.2. The lowest BCUT2D eigenvalue weighted by Crippen LogP contribution is -2.03. The highest BCUT2D eigenvalue weighted by Crippen LogP contribution is 2.20. The van der Waals surface area contributed by atoms with Crippen LogP contribution in [0.1, 0.15) is 12.5 Å². The molecule has 0 aliphatic heterocycles. The first-order valence-electron chi connectivity index (χ1n) is 4.79. The van der Waals surface area contributed by atoms with Crippen molar-refractivity contribution >= 4 is 11.8 Å². The molecule has 1 unspecified atom stereocenters. The van der Waals surface area contributed by atoms with E-state index >= 15 is 0 Å². The first-order valence-corrected chi connectivity index (χ1v) is 5.77. The molecule has 0 fully saturated rings. The third kappa shape index (κ3) is 3.70. The van der Waals surface area contributed by atoms with Gasteiger partial charge in [-0.2, -0.15) is 0 Å². The second-order valence-corrected chi connectivity index (χ2v) is 4.54. The molecule has 3 N–H and O–H groups in total. The minimum absolute atomic E-state index is 0.258. The SMILES string of the molecule is CC(CO)CSc1ccc(CN)cc1. The molecule has 3 heteroatoms. The van der Waals surface area contributed by atoms with E-state index in [9.17, 15) is 0 Å². The quantitative estimate of drug-likeness (QED) is 0.731. The fourth-order valence-electron chi connectivity index (χ4n) is 1.01. The molecular formula is C11H17NOS. The Hall–Kier alpha value is -0.510.